The van der Waals surface area contributed by atoms with Crippen molar-refractivity contribution < 1.29 is 9.59 Å². The lowest BCUT2D eigenvalue weighted by Crippen LogP contribution is -2.12. The minimum absolute atomic E-state index is 0.0724. The van der Waals surface area contributed by atoms with Crippen molar-refractivity contribution in [3.8, 4) is 10.4 Å². The van der Waals surface area contributed by atoms with Gasteiger partial charge in [0.1, 0.15) is 0 Å². The highest BCUT2D eigenvalue weighted by atomic mass is 32.1. The van der Waals surface area contributed by atoms with Gasteiger partial charge in [-0.1, -0.05) is 31.2 Å². The number of benzene rings is 2. The fraction of sp³-hybridized carbons (Fsp3) is 0.125. The first-order chi connectivity index (χ1) is 14.0. The van der Waals surface area contributed by atoms with Gasteiger partial charge >= 0.3 is 0 Å². The van der Waals surface area contributed by atoms with Gasteiger partial charge in [0.15, 0.2) is 6.29 Å². The van der Waals surface area contributed by atoms with Gasteiger partial charge in [0.2, 0.25) is 5.91 Å². The van der Waals surface area contributed by atoms with Crippen LogP contribution in [0.3, 0.4) is 0 Å². The summed E-state index contributed by atoms with van der Waals surface area (Å²) in [5, 5.41) is 0.983. The van der Waals surface area contributed by atoms with Crippen molar-refractivity contribution in [3.63, 3.8) is 0 Å². The number of aryl methyl sites for hydroxylation is 1. The Kier molecular flexibility index (Phi) is 4.99. The Hall–Kier alpha value is -3.31. The molecule has 1 amide bonds. The van der Waals surface area contributed by atoms with Crippen LogP contribution in [0.4, 0.5) is 0 Å². The summed E-state index contributed by atoms with van der Waals surface area (Å²) < 4.78 is 0. The number of hydrogen-bond donors (Lipinski definition) is 1. The molecule has 0 radical (unpaired) electrons. The van der Waals surface area contributed by atoms with E-state index < -0.39 is 5.91 Å². The summed E-state index contributed by atoms with van der Waals surface area (Å²) in [5.41, 5.74) is 10.8. The lowest BCUT2D eigenvalue weighted by atomic mass is 9.94. The van der Waals surface area contributed by atoms with Crippen molar-refractivity contribution >= 4 is 34.4 Å². The summed E-state index contributed by atoms with van der Waals surface area (Å²) in [6.45, 7) is 3.99. The Morgan fingerprint density at radius 1 is 1.10 bits per heavy atom. The van der Waals surface area contributed by atoms with Crippen LogP contribution in [-0.4, -0.2) is 17.2 Å². The molecule has 0 saturated heterocycles. The fourth-order valence-electron chi connectivity index (χ4n) is 3.51. The summed E-state index contributed by atoms with van der Waals surface area (Å²) in [7, 11) is 0. The predicted molar refractivity (Wildman–Crippen MR) is 118 cm³/mol. The number of rotatable bonds is 5. The maximum absolute atomic E-state index is 11.7. The number of primary amides is 1. The van der Waals surface area contributed by atoms with Crippen LogP contribution in [0.25, 0.3) is 21.3 Å². The second kappa shape index (κ2) is 7.60. The third-order valence-electron chi connectivity index (χ3n) is 5.18. The molecular weight excluding hydrogens is 380 g/mol. The molecule has 144 valence electrons. The molecule has 0 saturated carbocycles. The van der Waals surface area contributed by atoms with Crippen LogP contribution < -0.4 is 5.73 Å². The third-order valence-corrected chi connectivity index (χ3v) is 6.24. The number of thiophene rings is 1. The molecule has 2 N–H and O–H groups in total. The molecule has 0 fully saturated rings. The summed E-state index contributed by atoms with van der Waals surface area (Å²) in [5.74, 6) is -0.369. The standard InChI is InChI=1S/C24H20N2O2S/c1-14-10-17-6-8-21(26-22(17)12-20(14)24(25)28)15(2)16-4-3-5-18(11-16)23-9-7-19(13-27)29-23/h3-13,15H,1-2H3,(H2,25,28). The van der Waals surface area contributed by atoms with E-state index in [1.807, 2.05) is 49.4 Å². The van der Waals surface area contributed by atoms with Crippen LogP contribution in [0.2, 0.25) is 0 Å². The Balaban J connectivity index is 1.72. The number of aldehydes is 1. The second-order valence-electron chi connectivity index (χ2n) is 7.13. The van der Waals surface area contributed by atoms with Crippen LogP contribution in [0.5, 0.6) is 0 Å². The highest BCUT2D eigenvalue weighted by Gasteiger charge is 2.14. The van der Waals surface area contributed by atoms with Crippen molar-refractivity contribution in [2.75, 3.05) is 0 Å². The van der Waals surface area contributed by atoms with Gasteiger partial charge < -0.3 is 5.73 Å². The molecule has 0 spiro atoms. The minimum Gasteiger partial charge on any atom is -0.366 e. The molecule has 29 heavy (non-hydrogen) atoms. The Bertz CT molecular complexity index is 1240. The average Bonchev–Trinajstić information content (AvgIpc) is 3.22. The monoisotopic (exact) mass is 400 g/mol. The zero-order chi connectivity index (χ0) is 20.5. The molecule has 0 aliphatic rings. The van der Waals surface area contributed by atoms with E-state index in [9.17, 15) is 9.59 Å². The van der Waals surface area contributed by atoms with Gasteiger partial charge in [-0.25, -0.2) is 0 Å². The number of fused-ring (bicyclic) bond motifs is 1. The van der Waals surface area contributed by atoms with Crippen molar-refractivity contribution in [2.24, 2.45) is 5.73 Å². The molecule has 4 nitrogen and oxygen atoms in total. The average molecular weight is 401 g/mol. The molecule has 0 aliphatic heterocycles. The summed E-state index contributed by atoms with van der Waals surface area (Å²) in [4.78, 5) is 29.2. The first kappa shape index (κ1) is 19.0. The van der Waals surface area contributed by atoms with Gasteiger partial charge in [-0.3, -0.25) is 14.6 Å². The Morgan fingerprint density at radius 3 is 2.66 bits per heavy atom. The van der Waals surface area contributed by atoms with E-state index in [0.29, 0.717) is 5.56 Å². The normalized spacial score (nSPS) is 12.1. The van der Waals surface area contributed by atoms with E-state index >= 15 is 0 Å². The zero-order valence-electron chi connectivity index (χ0n) is 16.2. The van der Waals surface area contributed by atoms with Crippen molar-refractivity contribution in [3.05, 3.63) is 87.9 Å². The summed E-state index contributed by atoms with van der Waals surface area (Å²) in [6, 6.07) is 19.9. The number of hydrogen-bond acceptors (Lipinski definition) is 4. The molecule has 2 aromatic heterocycles. The molecule has 4 rings (SSSR count). The van der Waals surface area contributed by atoms with Gasteiger partial charge in [-0.2, -0.15) is 0 Å². The maximum atomic E-state index is 11.7. The van der Waals surface area contributed by atoms with Crippen molar-refractivity contribution in [1.29, 1.82) is 0 Å². The quantitative estimate of drug-likeness (QED) is 0.460. The molecule has 2 aromatic carbocycles. The lowest BCUT2D eigenvalue weighted by molar-refractivity contribution is 0.0999. The van der Waals surface area contributed by atoms with Crippen LogP contribution in [-0.2, 0) is 0 Å². The van der Waals surface area contributed by atoms with E-state index in [-0.39, 0.29) is 5.92 Å². The highest BCUT2D eigenvalue weighted by molar-refractivity contribution is 7.17. The molecule has 0 bridgehead atoms. The number of amides is 1. The maximum Gasteiger partial charge on any atom is 0.249 e. The summed E-state index contributed by atoms with van der Waals surface area (Å²) in [6.07, 6.45) is 0.877. The summed E-state index contributed by atoms with van der Waals surface area (Å²) >= 11 is 1.48. The van der Waals surface area contributed by atoms with Gasteiger partial charge in [0.25, 0.3) is 0 Å². The van der Waals surface area contributed by atoms with Gasteiger partial charge in [-0.05, 0) is 60.0 Å². The van der Waals surface area contributed by atoms with Crippen LogP contribution in [0.15, 0.2) is 60.7 Å². The smallest absolute Gasteiger partial charge is 0.249 e. The highest BCUT2D eigenvalue weighted by Crippen LogP contribution is 2.32. The first-order valence-electron chi connectivity index (χ1n) is 9.32. The Morgan fingerprint density at radius 2 is 1.93 bits per heavy atom. The number of aromatic nitrogens is 1. The van der Waals surface area contributed by atoms with Crippen LogP contribution >= 0.6 is 11.3 Å². The number of carbonyl (C=O) groups excluding carboxylic acids is 2. The van der Waals surface area contributed by atoms with E-state index in [0.717, 1.165) is 49.3 Å². The fourth-order valence-corrected chi connectivity index (χ4v) is 4.33. The Labute approximate surface area is 173 Å². The van der Waals surface area contributed by atoms with Crippen LogP contribution in [0, 0.1) is 6.92 Å². The third kappa shape index (κ3) is 3.69. The molecule has 1 unspecified atom stereocenters. The van der Waals surface area contributed by atoms with E-state index in [4.69, 9.17) is 10.7 Å². The second-order valence-corrected chi connectivity index (χ2v) is 8.24. The van der Waals surface area contributed by atoms with E-state index in [1.165, 1.54) is 11.3 Å². The topological polar surface area (TPSA) is 73.1 Å². The van der Waals surface area contributed by atoms with Crippen molar-refractivity contribution in [2.45, 2.75) is 19.8 Å². The van der Waals surface area contributed by atoms with Crippen LogP contribution in [0.1, 0.15) is 49.7 Å². The van der Waals surface area contributed by atoms with Gasteiger partial charge in [-0.15, -0.1) is 11.3 Å². The zero-order valence-corrected chi connectivity index (χ0v) is 17.0. The largest absolute Gasteiger partial charge is 0.366 e. The molecular formula is C24H20N2O2S. The first-order valence-corrected chi connectivity index (χ1v) is 10.1. The molecule has 0 aliphatic carbocycles. The lowest BCUT2D eigenvalue weighted by Gasteiger charge is -2.14. The molecule has 1 atom stereocenters. The van der Waals surface area contributed by atoms with Gasteiger partial charge in [0, 0.05) is 27.4 Å². The number of nitrogens with two attached hydrogens (primary N) is 1. The molecule has 4 aromatic rings. The number of pyridine rings is 1. The number of carbonyl (C=O) groups is 2. The predicted octanol–water partition coefficient (Wildman–Crippen LogP) is 5.33. The van der Waals surface area contributed by atoms with E-state index in [1.54, 1.807) is 6.07 Å². The number of nitrogens with zero attached hydrogens (tertiary/aromatic N) is 1. The van der Waals surface area contributed by atoms with Crippen molar-refractivity contribution in [1.82, 2.24) is 4.98 Å². The SMILES string of the molecule is Cc1cc2ccc(C(C)c3cccc(-c4ccc(C=O)s4)c3)nc2cc1C(N)=O. The molecule has 2 heterocycles. The van der Waals surface area contributed by atoms with Gasteiger partial charge in [0.05, 0.1) is 10.4 Å². The molecule has 5 heteroatoms. The van der Waals surface area contributed by atoms with E-state index in [2.05, 4.69) is 19.1 Å². The minimum atomic E-state index is -0.442.